The standard InChI is InChI=1S/C22H18N4O/c27-21-15-10-16-6-4-5-9-20(16)22(21)26-25-19-13-11-18(12-14-19)24-23-17-7-2-1-3-8-17/h1-2,4-7,9-15,27H,3,8H2. The minimum atomic E-state index is 0.109. The highest BCUT2D eigenvalue weighted by molar-refractivity contribution is 5.95. The first-order valence-corrected chi connectivity index (χ1v) is 8.79. The Hall–Kier alpha value is -3.60. The number of fused-ring (bicyclic) bond motifs is 1. The van der Waals surface area contributed by atoms with Crippen molar-refractivity contribution in [1.82, 2.24) is 0 Å². The molecule has 0 radical (unpaired) electrons. The lowest BCUT2D eigenvalue weighted by molar-refractivity contribution is 0.477. The highest BCUT2D eigenvalue weighted by atomic mass is 16.3. The van der Waals surface area contributed by atoms with Gasteiger partial charge < -0.3 is 5.11 Å². The van der Waals surface area contributed by atoms with Crippen molar-refractivity contribution in [3.8, 4) is 5.75 Å². The fraction of sp³-hybridized carbons (Fsp3) is 0.0909. The summed E-state index contributed by atoms with van der Waals surface area (Å²) >= 11 is 0. The van der Waals surface area contributed by atoms with Crippen LogP contribution in [0.2, 0.25) is 0 Å². The third-order valence-corrected chi connectivity index (χ3v) is 4.28. The number of hydrogen-bond acceptors (Lipinski definition) is 5. The Morgan fingerprint density at radius 3 is 2.22 bits per heavy atom. The van der Waals surface area contributed by atoms with Crippen molar-refractivity contribution in [1.29, 1.82) is 0 Å². The van der Waals surface area contributed by atoms with E-state index >= 15 is 0 Å². The number of nitrogens with zero attached hydrogens (tertiary/aromatic N) is 4. The highest BCUT2D eigenvalue weighted by Crippen LogP contribution is 2.36. The minimum Gasteiger partial charge on any atom is -0.506 e. The third kappa shape index (κ3) is 3.98. The summed E-state index contributed by atoms with van der Waals surface area (Å²) in [7, 11) is 0. The number of phenolic OH excluding ortho intramolecular Hbond substituents is 1. The molecule has 1 N–H and O–H groups in total. The van der Waals surface area contributed by atoms with E-state index in [-0.39, 0.29) is 5.75 Å². The Labute approximate surface area is 157 Å². The summed E-state index contributed by atoms with van der Waals surface area (Å²) in [4.78, 5) is 0. The second-order valence-electron chi connectivity index (χ2n) is 6.20. The molecule has 0 saturated heterocycles. The van der Waals surface area contributed by atoms with Gasteiger partial charge in [-0.25, -0.2) is 0 Å². The van der Waals surface area contributed by atoms with Crippen LogP contribution in [-0.4, -0.2) is 5.11 Å². The average molecular weight is 354 g/mol. The van der Waals surface area contributed by atoms with Crippen molar-refractivity contribution in [2.75, 3.05) is 0 Å². The zero-order chi connectivity index (χ0) is 18.5. The summed E-state index contributed by atoms with van der Waals surface area (Å²) in [6.07, 6.45) is 8.02. The van der Waals surface area contributed by atoms with Gasteiger partial charge in [0.25, 0.3) is 0 Å². The van der Waals surface area contributed by atoms with Gasteiger partial charge >= 0.3 is 0 Å². The van der Waals surface area contributed by atoms with Crippen LogP contribution in [0.25, 0.3) is 10.8 Å². The summed E-state index contributed by atoms with van der Waals surface area (Å²) in [5.74, 6) is 0.109. The highest BCUT2D eigenvalue weighted by Gasteiger charge is 2.05. The Morgan fingerprint density at radius 2 is 1.48 bits per heavy atom. The lowest BCUT2D eigenvalue weighted by Gasteiger charge is -2.03. The third-order valence-electron chi connectivity index (χ3n) is 4.28. The van der Waals surface area contributed by atoms with Gasteiger partial charge in [0.15, 0.2) is 0 Å². The van der Waals surface area contributed by atoms with Crippen molar-refractivity contribution >= 4 is 27.8 Å². The van der Waals surface area contributed by atoms with Crippen LogP contribution in [0.15, 0.2) is 105 Å². The minimum absolute atomic E-state index is 0.109. The zero-order valence-electron chi connectivity index (χ0n) is 14.7. The molecule has 3 aromatic rings. The van der Waals surface area contributed by atoms with Crippen LogP contribution in [0.4, 0.5) is 17.1 Å². The number of phenols is 1. The smallest absolute Gasteiger partial charge is 0.143 e. The summed E-state index contributed by atoms with van der Waals surface area (Å²) in [6.45, 7) is 0. The number of rotatable bonds is 4. The topological polar surface area (TPSA) is 69.7 Å². The van der Waals surface area contributed by atoms with Crippen molar-refractivity contribution in [2.24, 2.45) is 20.5 Å². The molecule has 0 unspecified atom stereocenters. The molecule has 1 aliphatic rings. The number of azo groups is 2. The molecule has 0 saturated carbocycles. The fourth-order valence-electron chi connectivity index (χ4n) is 2.84. The largest absolute Gasteiger partial charge is 0.506 e. The maximum absolute atomic E-state index is 10.1. The van der Waals surface area contributed by atoms with Gasteiger partial charge in [-0.2, -0.15) is 15.3 Å². The Morgan fingerprint density at radius 1 is 0.741 bits per heavy atom. The molecule has 0 fully saturated rings. The van der Waals surface area contributed by atoms with Gasteiger partial charge in [0.1, 0.15) is 11.4 Å². The van der Waals surface area contributed by atoms with Crippen LogP contribution < -0.4 is 0 Å². The van der Waals surface area contributed by atoms with E-state index in [0.29, 0.717) is 11.4 Å². The maximum atomic E-state index is 10.1. The quantitative estimate of drug-likeness (QED) is 0.491. The van der Waals surface area contributed by atoms with E-state index in [9.17, 15) is 5.11 Å². The van der Waals surface area contributed by atoms with E-state index in [1.807, 2.05) is 66.7 Å². The van der Waals surface area contributed by atoms with Crippen molar-refractivity contribution < 1.29 is 5.11 Å². The van der Waals surface area contributed by atoms with E-state index < -0.39 is 0 Å². The van der Waals surface area contributed by atoms with Gasteiger partial charge in [-0.05, 0) is 54.6 Å². The van der Waals surface area contributed by atoms with Crippen molar-refractivity contribution in [3.05, 3.63) is 84.6 Å². The SMILES string of the molecule is Oc1ccc2ccccc2c1N=Nc1ccc(N=NC2=CC=CCC2)cc1. The van der Waals surface area contributed by atoms with Crippen LogP contribution in [0, 0.1) is 0 Å². The molecular formula is C22H18N4O. The monoisotopic (exact) mass is 354 g/mol. The summed E-state index contributed by atoms with van der Waals surface area (Å²) in [5.41, 5.74) is 2.89. The van der Waals surface area contributed by atoms with Crippen LogP contribution in [-0.2, 0) is 0 Å². The van der Waals surface area contributed by atoms with E-state index in [4.69, 9.17) is 0 Å². The van der Waals surface area contributed by atoms with E-state index in [1.165, 1.54) is 0 Å². The first kappa shape index (κ1) is 16.8. The van der Waals surface area contributed by atoms with Gasteiger partial charge in [-0.1, -0.05) is 42.5 Å². The van der Waals surface area contributed by atoms with Gasteiger partial charge in [0.2, 0.25) is 0 Å². The molecular weight excluding hydrogens is 336 g/mol. The number of hydrogen-bond donors (Lipinski definition) is 1. The van der Waals surface area contributed by atoms with Crippen LogP contribution in [0.3, 0.4) is 0 Å². The molecule has 132 valence electrons. The van der Waals surface area contributed by atoms with Crippen LogP contribution >= 0.6 is 0 Å². The normalized spacial score (nSPS) is 14.3. The molecule has 0 spiro atoms. The molecule has 0 amide bonds. The number of aromatic hydroxyl groups is 1. The predicted molar refractivity (Wildman–Crippen MR) is 107 cm³/mol. The first-order valence-electron chi connectivity index (χ1n) is 8.79. The van der Waals surface area contributed by atoms with Gasteiger partial charge in [-0.15, -0.1) is 5.11 Å². The first-order chi connectivity index (χ1) is 13.3. The summed E-state index contributed by atoms with van der Waals surface area (Å²) in [5, 5.41) is 29.0. The maximum Gasteiger partial charge on any atom is 0.143 e. The lowest BCUT2D eigenvalue weighted by Crippen LogP contribution is -1.81. The molecule has 0 bridgehead atoms. The van der Waals surface area contributed by atoms with E-state index in [0.717, 1.165) is 35.0 Å². The Kier molecular flexibility index (Phi) is 4.83. The van der Waals surface area contributed by atoms with E-state index in [2.05, 4.69) is 26.5 Å². The average Bonchev–Trinajstić information content (AvgIpc) is 2.73. The number of allylic oxidation sites excluding steroid dienone is 4. The molecule has 0 aliphatic heterocycles. The summed E-state index contributed by atoms with van der Waals surface area (Å²) in [6, 6.07) is 18.6. The zero-order valence-corrected chi connectivity index (χ0v) is 14.7. The molecule has 0 aromatic heterocycles. The van der Waals surface area contributed by atoms with Crippen molar-refractivity contribution in [2.45, 2.75) is 12.8 Å². The van der Waals surface area contributed by atoms with E-state index in [1.54, 1.807) is 6.07 Å². The molecule has 5 heteroatoms. The summed E-state index contributed by atoms with van der Waals surface area (Å²) < 4.78 is 0. The fourth-order valence-corrected chi connectivity index (χ4v) is 2.84. The van der Waals surface area contributed by atoms with Crippen LogP contribution in [0.5, 0.6) is 5.75 Å². The molecule has 0 atom stereocenters. The lowest BCUT2D eigenvalue weighted by atomic mass is 10.1. The molecule has 0 heterocycles. The predicted octanol–water partition coefficient (Wildman–Crippen LogP) is 7.28. The molecule has 4 rings (SSSR count). The Bertz CT molecular complexity index is 1080. The molecule has 5 nitrogen and oxygen atoms in total. The second-order valence-corrected chi connectivity index (χ2v) is 6.20. The molecule has 1 aliphatic carbocycles. The molecule has 27 heavy (non-hydrogen) atoms. The number of benzene rings is 3. The second kappa shape index (κ2) is 7.74. The van der Waals surface area contributed by atoms with Gasteiger partial charge in [0, 0.05) is 5.39 Å². The Balaban J connectivity index is 1.54. The van der Waals surface area contributed by atoms with Crippen molar-refractivity contribution in [3.63, 3.8) is 0 Å². The van der Waals surface area contributed by atoms with Gasteiger partial charge in [-0.3, -0.25) is 0 Å². The van der Waals surface area contributed by atoms with Crippen LogP contribution in [0.1, 0.15) is 12.8 Å². The molecule has 3 aromatic carbocycles. The van der Waals surface area contributed by atoms with Gasteiger partial charge in [0.05, 0.1) is 17.1 Å².